The van der Waals surface area contributed by atoms with Gasteiger partial charge < -0.3 is 9.84 Å². The van der Waals surface area contributed by atoms with E-state index in [0.717, 1.165) is 6.42 Å². The van der Waals surface area contributed by atoms with E-state index in [9.17, 15) is 4.79 Å². The standard InChI is InChI=1S/C5H10O3.C2H2/c1-3-4(2)8-5(6)7;1-2/h4H,3H2,1-2H3,(H,6,7);1-2H. The van der Waals surface area contributed by atoms with Crippen LogP contribution < -0.4 is 0 Å². The zero-order chi connectivity index (χ0) is 8.57. The van der Waals surface area contributed by atoms with Crippen molar-refractivity contribution in [1.82, 2.24) is 0 Å². The van der Waals surface area contributed by atoms with Gasteiger partial charge in [0.05, 0.1) is 0 Å². The highest BCUT2D eigenvalue weighted by atomic mass is 16.7. The Hall–Kier alpha value is -1.17. The number of carboxylic acid groups (broad SMARTS) is 1. The minimum absolute atomic E-state index is 0.174. The number of ether oxygens (including phenoxy) is 1. The number of hydrogen-bond acceptors (Lipinski definition) is 2. The lowest BCUT2D eigenvalue weighted by Gasteiger charge is -2.04. The summed E-state index contributed by atoms with van der Waals surface area (Å²) in [5.41, 5.74) is 0. The summed E-state index contributed by atoms with van der Waals surface area (Å²) in [5, 5.41) is 7.99. The third-order valence-corrected chi connectivity index (χ3v) is 0.877. The first-order chi connectivity index (χ1) is 4.66. The van der Waals surface area contributed by atoms with Gasteiger partial charge in [-0.1, -0.05) is 6.92 Å². The van der Waals surface area contributed by atoms with Crippen molar-refractivity contribution in [3.8, 4) is 12.8 Å². The Morgan fingerprint density at radius 1 is 1.70 bits per heavy atom. The van der Waals surface area contributed by atoms with Crippen molar-refractivity contribution >= 4 is 6.16 Å². The molecule has 1 unspecified atom stereocenters. The van der Waals surface area contributed by atoms with Crippen LogP contribution in [0, 0.1) is 12.8 Å². The van der Waals surface area contributed by atoms with Crippen molar-refractivity contribution in [2.24, 2.45) is 0 Å². The molecule has 0 aliphatic rings. The molecule has 58 valence electrons. The lowest BCUT2D eigenvalue weighted by molar-refractivity contribution is 0.0577. The number of terminal acetylenes is 1. The molecule has 10 heavy (non-hydrogen) atoms. The second-order valence-corrected chi connectivity index (χ2v) is 1.60. The fourth-order valence-corrected chi connectivity index (χ4v) is 0.255. The van der Waals surface area contributed by atoms with E-state index < -0.39 is 6.16 Å². The predicted molar refractivity (Wildman–Crippen MR) is 38.8 cm³/mol. The van der Waals surface area contributed by atoms with Crippen LogP contribution in [0.1, 0.15) is 20.3 Å². The summed E-state index contributed by atoms with van der Waals surface area (Å²) in [6.07, 6.45) is 7.36. The average molecular weight is 144 g/mol. The zero-order valence-electron chi connectivity index (χ0n) is 6.20. The van der Waals surface area contributed by atoms with E-state index in [1.165, 1.54) is 0 Å². The highest BCUT2D eigenvalue weighted by Gasteiger charge is 2.01. The van der Waals surface area contributed by atoms with Crippen LogP contribution in [0.4, 0.5) is 4.79 Å². The van der Waals surface area contributed by atoms with E-state index in [1.54, 1.807) is 6.92 Å². The van der Waals surface area contributed by atoms with Gasteiger partial charge >= 0.3 is 6.16 Å². The zero-order valence-corrected chi connectivity index (χ0v) is 6.20. The molecule has 3 heteroatoms. The summed E-state index contributed by atoms with van der Waals surface area (Å²) in [6, 6.07) is 0. The van der Waals surface area contributed by atoms with Crippen molar-refractivity contribution in [1.29, 1.82) is 0 Å². The van der Waals surface area contributed by atoms with E-state index in [-0.39, 0.29) is 6.10 Å². The van der Waals surface area contributed by atoms with Crippen LogP contribution in [0.15, 0.2) is 0 Å². The van der Waals surface area contributed by atoms with Gasteiger partial charge in [-0.2, -0.15) is 0 Å². The SMILES string of the molecule is C#C.CCC(C)OC(=O)O. The average Bonchev–Trinajstić information content (AvgIpc) is 1.91. The van der Waals surface area contributed by atoms with Gasteiger partial charge in [-0.3, -0.25) is 0 Å². The molecular weight excluding hydrogens is 132 g/mol. The van der Waals surface area contributed by atoms with E-state index in [4.69, 9.17) is 5.11 Å². The molecule has 0 radical (unpaired) electrons. The van der Waals surface area contributed by atoms with E-state index >= 15 is 0 Å². The molecule has 0 bridgehead atoms. The van der Waals surface area contributed by atoms with E-state index in [2.05, 4.69) is 17.6 Å². The highest BCUT2D eigenvalue weighted by molar-refractivity contribution is 5.56. The molecule has 0 aromatic carbocycles. The number of hydrogen-bond donors (Lipinski definition) is 1. The van der Waals surface area contributed by atoms with Gasteiger partial charge in [0, 0.05) is 0 Å². The minimum atomic E-state index is -1.20. The Balaban J connectivity index is 0. The normalized spacial score (nSPS) is 10.4. The van der Waals surface area contributed by atoms with E-state index in [0.29, 0.717) is 0 Å². The maximum atomic E-state index is 9.75. The third-order valence-electron chi connectivity index (χ3n) is 0.877. The molecule has 0 aromatic rings. The van der Waals surface area contributed by atoms with Gasteiger partial charge in [0.1, 0.15) is 6.10 Å². The Morgan fingerprint density at radius 3 is 2.20 bits per heavy atom. The smallest absolute Gasteiger partial charge is 0.450 e. The first-order valence-corrected chi connectivity index (χ1v) is 2.89. The predicted octanol–water partition coefficient (Wildman–Crippen LogP) is 1.73. The van der Waals surface area contributed by atoms with Gasteiger partial charge in [-0.05, 0) is 13.3 Å². The van der Waals surface area contributed by atoms with Crippen LogP contribution in [0.3, 0.4) is 0 Å². The van der Waals surface area contributed by atoms with Crippen LogP contribution in [-0.4, -0.2) is 17.4 Å². The summed E-state index contributed by atoms with van der Waals surface area (Å²) in [5.74, 6) is 0. The quantitative estimate of drug-likeness (QED) is 0.474. The molecule has 3 nitrogen and oxygen atoms in total. The Morgan fingerprint density at radius 2 is 2.10 bits per heavy atom. The fraction of sp³-hybridized carbons (Fsp3) is 0.571. The molecule has 0 heterocycles. The second kappa shape index (κ2) is 7.83. The molecule has 1 N–H and O–H groups in total. The van der Waals surface area contributed by atoms with Gasteiger partial charge in [0.25, 0.3) is 0 Å². The summed E-state index contributed by atoms with van der Waals surface area (Å²) in [6.45, 7) is 3.59. The molecule has 0 aliphatic carbocycles. The molecule has 0 aliphatic heterocycles. The van der Waals surface area contributed by atoms with Crippen molar-refractivity contribution in [3.63, 3.8) is 0 Å². The molecular formula is C7H12O3. The highest BCUT2D eigenvalue weighted by Crippen LogP contribution is 1.94. The summed E-state index contributed by atoms with van der Waals surface area (Å²) >= 11 is 0. The number of rotatable bonds is 2. The van der Waals surface area contributed by atoms with Gasteiger partial charge in [0.2, 0.25) is 0 Å². The number of carbonyl (C=O) groups is 1. The second-order valence-electron chi connectivity index (χ2n) is 1.60. The Bertz CT molecular complexity index is 107. The Labute approximate surface area is 61.0 Å². The van der Waals surface area contributed by atoms with Crippen LogP contribution in [0.2, 0.25) is 0 Å². The molecule has 0 aromatic heterocycles. The maximum Gasteiger partial charge on any atom is 0.506 e. The van der Waals surface area contributed by atoms with E-state index in [1.807, 2.05) is 6.92 Å². The van der Waals surface area contributed by atoms with Crippen LogP contribution in [0.25, 0.3) is 0 Å². The topological polar surface area (TPSA) is 46.5 Å². The lowest BCUT2D eigenvalue weighted by Crippen LogP contribution is -2.10. The largest absolute Gasteiger partial charge is 0.506 e. The van der Waals surface area contributed by atoms with Crippen molar-refractivity contribution in [2.45, 2.75) is 26.4 Å². The van der Waals surface area contributed by atoms with Gasteiger partial charge in [-0.15, -0.1) is 12.8 Å². The first kappa shape index (κ1) is 11.6. The monoisotopic (exact) mass is 144 g/mol. The molecule has 0 spiro atoms. The Kier molecular flexibility index (Phi) is 9.09. The summed E-state index contributed by atoms with van der Waals surface area (Å²) in [4.78, 5) is 9.75. The van der Waals surface area contributed by atoms with Crippen molar-refractivity contribution in [2.75, 3.05) is 0 Å². The minimum Gasteiger partial charge on any atom is -0.450 e. The molecule has 0 saturated carbocycles. The molecule has 0 fully saturated rings. The van der Waals surface area contributed by atoms with Crippen LogP contribution in [0.5, 0.6) is 0 Å². The molecule has 0 rings (SSSR count). The van der Waals surface area contributed by atoms with Crippen LogP contribution in [-0.2, 0) is 4.74 Å². The lowest BCUT2D eigenvalue weighted by atomic mass is 10.3. The molecule has 0 amide bonds. The van der Waals surface area contributed by atoms with Crippen LogP contribution >= 0.6 is 0 Å². The molecule has 1 atom stereocenters. The van der Waals surface area contributed by atoms with Crippen molar-refractivity contribution in [3.05, 3.63) is 0 Å². The summed E-state index contributed by atoms with van der Waals surface area (Å²) in [7, 11) is 0. The van der Waals surface area contributed by atoms with Gasteiger partial charge in [0.15, 0.2) is 0 Å². The fourth-order valence-electron chi connectivity index (χ4n) is 0.255. The molecule has 0 saturated heterocycles. The van der Waals surface area contributed by atoms with Crippen molar-refractivity contribution < 1.29 is 14.6 Å². The maximum absolute atomic E-state index is 9.75. The first-order valence-electron chi connectivity index (χ1n) is 2.89. The third kappa shape index (κ3) is 9.95. The summed E-state index contributed by atoms with van der Waals surface area (Å²) < 4.78 is 4.32. The van der Waals surface area contributed by atoms with Gasteiger partial charge in [-0.25, -0.2) is 4.79 Å².